The summed E-state index contributed by atoms with van der Waals surface area (Å²) in [6.45, 7) is 1.91. The van der Waals surface area contributed by atoms with Crippen LogP contribution in [0.5, 0.6) is 0 Å². The number of hydrogen-bond acceptors (Lipinski definition) is 5. The van der Waals surface area contributed by atoms with Gasteiger partial charge in [0.05, 0.1) is 14.2 Å². The molecule has 0 heterocycles. The summed E-state index contributed by atoms with van der Waals surface area (Å²) in [5, 5.41) is 2.56. The maximum Gasteiger partial charge on any atom is 0.328 e. The SMILES string of the molecule is COC(=O)CCC(NC(=O)c1ccc(C)cc1)C(=O)OC. The fourth-order valence-electron chi connectivity index (χ4n) is 1.70. The van der Waals surface area contributed by atoms with Crippen molar-refractivity contribution in [3.05, 3.63) is 35.4 Å². The van der Waals surface area contributed by atoms with Gasteiger partial charge >= 0.3 is 11.9 Å². The van der Waals surface area contributed by atoms with Crippen LogP contribution in [0.1, 0.15) is 28.8 Å². The molecule has 1 aromatic rings. The van der Waals surface area contributed by atoms with Crippen LogP contribution in [-0.2, 0) is 19.1 Å². The van der Waals surface area contributed by atoms with E-state index in [-0.39, 0.29) is 12.8 Å². The molecule has 1 aromatic carbocycles. The summed E-state index contributed by atoms with van der Waals surface area (Å²) >= 11 is 0. The highest BCUT2D eigenvalue weighted by Gasteiger charge is 2.23. The number of ether oxygens (including phenoxy) is 2. The van der Waals surface area contributed by atoms with Crippen molar-refractivity contribution in [3.63, 3.8) is 0 Å². The van der Waals surface area contributed by atoms with E-state index in [1.807, 2.05) is 6.92 Å². The van der Waals surface area contributed by atoms with Gasteiger partial charge in [0, 0.05) is 12.0 Å². The van der Waals surface area contributed by atoms with Crippen molar-refractivity contribution in [1.82, 2.24) is 5.32 Å². The van der Waals surface area contributed by atoms with Crippen molar-refractivity contribution in [2.24, 2.45) is 0 Å². The van der Waals surface area contributed by atoms with E-state index in [0.29, 0.717) is 5.56 Å². The van der Waals surface area contributed by atoms with E-state index < -0.39 is 23.9 Å². The number of nitrogens with one attached hydrogen (secondary N) is 1. The van der Waals surface area contributed by atoms with Crippen LogP contribution >= 0.6 is 0 Å². The van der Waals surface area contributed by atoms with Gasteiger partial charge in [-0.15, -0.1) is 0 Å². The summed E-state index contributed by atoms with van der Waals surface area (Å²) in [5.41, 5.74) is 1.47. The topological polar surface area (TPSA) is 81.7 Å². The Morgan fingerprint density at radius 3 is 2.24 bits per heavy atom. The zero-order valence-corrected chi connectivity index (χ0v) is 12.3. The number of rotatable bonds is 6. The van der Waals surface area contributed by atoms with E-state index in [9.17, 15) is 14.4 Å². The number of carbonyl (C=O) groups excluding carboxylic acids is 3. The van der Waals surface area contributed by atoms with Gasteiger partial charge < -0.3 is 14.8 Å². The zero-order valence-electron chi connectivity index (χ0n) is 12.3. The first kappa shape index (κ1) is 16.7. The Morgan fingerprint density at radius 2 is 1.71 bits per heavy atom. The maximum absolute atomic E-state index is 12.1. The standard InChI is InChI=1S/C15H19NO5/c1-10-4-6-11(7-5-10)14(18)16-12(15(19)21-3)8-9-13(17)20-2/h4-7,12H,8-9H2,1-3H3,(H,16,18). The number of benzene rings is 1. The van der Waals surface area contributed by atoms with Gasteiger partial charge in [0.1, 0.15) is 6.04 Å². The summed E-state index contributed by atoms with van der Waals surface area (Å²) in [6.07, 6.45) is 0.140. The van der Waals surface area contributed by atoms with E-state index in [0.717, 1.165) is 5.56 Å². The van der Waals surface area contributed by atoms with Gasteiger partial charge in [-0.25, -0.2) is 4.79 Å². The Labute approximate surface area is 123 Å². The molecule has 114 valence electrons. The summed E-state index contributed by atoms with van der Waals surface area (Å²) in [6, 6.07) is 6.05. The maximum atomic E-state index is 12.1. The molecule has 1 atom stereocenters. The number of hydrogen-bond donors (Lipinski definition) is 1. The van der Waals surface area contributed by atoms with Gasteiger partial charge in [-0.2, -0.15) is 0 Å². The molecule has 0 bridgehead atoms. The first-order valence-electron chi connectivity index (χ1n) is 6.50. The summed E-state index contributed by atoms with van der Waals surface area (Å²) in [7, 11) is 2.49. The minimum atomic E-state index is -0.886. The molecule has 6 nitrogen and oxygen atoms in total. The third kappa shape index (κ3) is 5.25. The van der Waals surface area contributed by atoms with Crippen molar-refractivity contribution >= 4 is 17.8 Å². The van der Waals surface area contributed by atoms with Crippen molar-refractivity contribution in [2.45, 2.75) is 25.8 Å². The Bertz CT molecular complexity index is 509. The van der Waals surface area contributed by atoms with Crippen LogP contribution in [0.15, 0.2) is 24.3 Å². The first-order chi connectivity index (χ1) is 9.97. The Balaban J connectivity index is 2.71. The van der Waals surface area contributed by atoms with Crippen molar-refractivity contribution in [3.8, 4) is 0 Å². The van der Waals surface area contributed by atoms with Crippen LogP contribution in [0.2, 0.25) is 0 Å². The van der Waals surface area contributed by atoms with Crippen LogP contribution in [0.4, 0.5) is 0 Å². The smallest absolute Gasteiger partial charge is 0.328 e. The van der Waals surface area contributed by atoms with Gasteiger partial charge in [0.15, 0.2) is 0 Å². The number of methoxy groups -OCH3 is 2. The number of aryl methyl sites for hydroxylation is 1. The van der Waals surface area contributed by atoms with Gasteiger partial charge in [0.2, 0.25) is 0 Å². The molecule has 1 rings (SSSR count). The minimum absolute atomic E-state index is 0.0183. The molecule has 0 aliphatic carbocycles. The highest BCUT2D eigenvalue weighted by atomic mass is 16.5. The van der Waals surface area contributed by atoms with E-state index >= 15 is 0 Å². The lowest BCUT2D eigenvalue weighted by atomic mass is 10.1. The second kappa shape index (κ2) is 8.04. The quantitative estimate of drug-likeness (QED) is 0.797. The van der Waals surface area contributed by atoms with Crippen molar-refractivity contribution in [2.75, 3.05) is 14.2 Å². The molecular formula is C15H19NO5. The second-order valence-corrected chi connectivity index (χ2v) is 4.53. The monoisotopic (exact) mass is 293 g/mol. The summed E-state index contributed by atoms with van der Waals surface area (Å²) < 4.78 is 9.14. The highest BCUT2D eigenvalue weighted by Crippen LogP contribution is 2.06. The molecule has 0 aliphatic rings. The Morgan fingerprint density at radius 1 is 1.10 bits per heavy atom. The number of amides is 1. The van der Waals surface area contributed by atoms with E-state index in [1.54, 1.807) is 24.3 Å². The van der Waals surface area contributed by atoms with Crippen molar-refractivity contribution in [1.29, 1.82) is 0 Å². The summed E-state index contributed by atoms with van der Waals surface area (Å²) in [4.78, 5) is 34.8. The molecule has 0 fully saturated rings. The Kier molecular flexibility index (Phi) is 6.39. The predicted octanol–water partition coefficient (Wildman–Crippen LogP) is 1.22. The van der Waals surface area contributed by atoms with Crippen LogP contribution < -0.4 is 5.32 Å². The number of carbonyl (C=O) groups is 3. The predicted molar refractivity (Wildman–Crippen MR) is 75.7 cm³/mol. The third-order valence-electron chi connectivity index (χ3n) is 2.97. The lowest BCUT2D eigenvalue weighted by molar-refractivity contribution is -0.144. The van der Waals surface area contributed by atoms with Gasteiger partial charge in [-0.1, -0.05) is 17.7 Å². The number of esters is 2. The minimum Gasteiger partial charge on any atom is -0.469 e. The van der Waals surface area contributed by atoms with Crippen LogP contribution in [0.3, 0.4) is 0 Å². The molecule has 0 aliphatic heterocycles. The van der Waals surface area contributed by atoms with Crippen LogP contribution in [0.25, 0.3) is 0 Å². The van der Waals surface area contributed by atoms with E-state index in [2.05, 4.69) is 14.8 Å². The van der Waals surface area contributed by atoms with Gasteiger partial charge in [0.25, 0.3) is 5.91 Å². The van der Waals surface area contributed by atoms with Crippen LogP contribution in [-0.4, -0.2) is 38.1 Å². The third-order valence-corrected chi connectivity index (χ3v) is 2.97. The largest absolute Gasteiger partial charge is 0.469 e. The van der Waals surface area contributed by atoms with Crippen molar-refractivity contribution < 1.29 is 23.9 Å². The summed E-state index contributed by atoms with van der Waals surface area (Å²) in [5.74, 6) is -1.44. The molecular weight excluding hydrogens is 274 g/mol. The van der Waals surface area contributed by atoms with Gasteiger partial charge in [-0.05, 0) is 25.5 Å². The molecule has 0 radical (unpaired) electrons. The molecule has 1 N–H and O–H groups in total. The van der Waals surface area contributed by atoms with Crippen LogP contribution in [0, 0.1) is 6.92 Å². The molecule has 0 saturated heterocycles. The Hall–Kier alpha value is -2.37. The molecule has 0 saturated carbocycles. The molecule has 1 unspecified atom stereocenters. The lowest BCUT2D eigenvalue weighted by Gasteiger charge is -2.16. The molecule has 1 amide bonds. The second-order valence-electron chi connectivity index (χ2n) is 4.53. The fourth-order valence-corrected chi connectivity index (χ4v) is 1.70. The fraction of sp³-hybridized carbons (Fsp3) is 0.400. The molecule has 21 heavy (non-hydrogen) atoms. The first-order valence-corrected chi connectivity index (χ1v) is 6.50. The van der Waals surface area contributed by atoms with E-state index in [1.165, 1.54) is 14.2 Å². The zero-order chi connectivity index (χ0) is 15.8. The molecule has 0 spiro atoms. The van der Waals surface area contributed by atoms with Gasteiger partial charge in [-0.3, -0.25) is 9.59 Å². The average molecular weight is 293 g/mol. The van der Waals surface area contributed by atoms with E-state index in [4.69, 9.17) is 0 Å². The average Bonchev–Trinajstić information content (AvgIpc) is 2.50. The highest BCUT2D eigenvalue weighted by molar-refractivity contribution is 5.96. The molecule has 0 aromatic heterocycles. The normalized spacial score (nSPS) is 11.4. The molecule has 6 heteroatoms. The lowest BCUT2D eigenvalue weighted by Crippen LogP contribution is -2.41.